The van der Waals surface area contributed by atoms with Crippen LogP contribution in [0.1, 0.15) is 69.7 Å². The van der Waals surface area contributed by atoms with E-state index >= 15 is 0 Å². The van der Waals surface area contributed by atoms with Gasteiger partial charge in [-0.25, -0.2) is 0 Å². The van der Waals surface area contributed by atoms with Crippen LogP contribution in [0.15, 0.2) is 46.9 Å². The van der Waals surface area contributed by atoms with Crippen molar-refractivity contribution < 1.29 is 4.42 Å². The minimum Gasteiger partial charge on any atom is -0.456 e. The van der Waals surface area contributed by atoms with Gasteiger partial charge in [0, 0.05) is 29.6 Å². The number of hydrogen-bond donors (Lipinski definition) is 0. The highest BCUT2D eigenvalue weighted by atomic mass is 16.3. The van der Waals surface area contributed by atoms with Crippen LogP contribution >= 0.6 is 0 Å². The molecule has 1 aromatic heterocycles. The lowest BCUT2D eigenvalue weighted by atomic mass is 9.81. The fraction of sp³-hybridized carbons (Fsp3) is 0.419. The van der Waals surface area contributed by atoms with Gasteiger partial charge in [0.25, 0.3) is 0 Å². The summed E-state index contributed by atoms with van der Waals surface area (Å²) in [5.74, 6) is 0. The molecule has 0 N–H and O–H groups in total. The average Bonchev–Trinajstić information content (AvgIpc) is 3.32. The maximum atomic E-state index is 6.31. The van der Waals surface area contributed by atoms with Crippen LogP contribution in [0.3, 0.4) is 0 Å². The van der Waals surface area contributed by atoms with E-state index in [2.05, 4.69) is 102 Å². The quantitative estimate of drug-likeness (QED) is 0.304. The Morgan fingerprint density at radius 3 is 2.38 bits per heavy atom. The maximum absolute atomic E-state index is 6.31. The molecule has 2 heterocycles. The van der Waals surface area contributed by atoms with Gasteiger partial charge in [-0.05, 0) is 78.0 Å². The first-order valence-electron chi connectivity index (χ1n) is 12.7. The standard InChI is InChI=1S/C31H36N2O/c1-9-27-32(8)29-19(3)28-22(30(4,5)17-31(28,6)7)15-24(29)33(27)23-16-26-21(14-18(23)2)20-12-10-11-13-25(20)34-26/h10-16,27H,9,17H2,1-8H3. The van der Waals surface area contributed by atoms with Gasteiger partial charge < -0.3 is 14.2 Å². The first kappa shape index (κ1) is 21.6. The maximum Gasteiger partial charge on any atom is 0.137 e. The number of hydrogen-bond acceptors (Lipinski definition) is 3. The van der Waals surface area contributed by atoms with E-state index in [1.165, 1.54) is 50.9 Å². The Balaban J connectivity index is 1.62. The fourth-order valence-corrected chi connectivity index (χ4v) is 7.47. The third-order valence-corrected chi connectivity index (χ3v) is 8.49. The third kappa shape index (κ3) is 2.70. The van der Waals surface area contributed by atoms with Gasteiger partial charge in [-0.15, -0.1) is 0 Å². The van der Waals surface area contributed by atoms with Crippen molar-refractivity contribution >= 4 is 39.0 Å². The van der Waals surface area contributed by atoms with Crippen molar-refractivity contribution in [3.63, 3.8) is 0 Å². The molecule has 1 aliphatic carbocycles. The molecule has 34 heavy (non-hydrogen) atoms. The fourth-order valence-electron chi connectivity index (χ4n) is 7.47. The molecule has 0 saturated carbocycles. The van der Waals surface area contributed by atoms with Gasteiger partial charge in [-0.1, -0.05) is 52.8 Å². The Labute approximate surface area is 203 Å². The molecule has 2 aliphatic rings. The zero-order valence-electron chi connectivity index (χ0n) is 21.8. The summed E-state index contributed by atoms with van der Waals surface area (Å²) in [6.07, 6.45) is 2.51. The summed E-state index contributed by atoms with van der Waals surface area (Å²) in [5.41, 5.74) is 12.1. The number of nitrogens with zero attached hydrogens (tertiary/aromatic N) is 2. The molecule has 1 unspecified atom stereocenters. The molecule has 3 nitrogen and oxygen atoms in total. The van der Waals surface area contributed by atoms with E-state index in [9.17, 15) is 0 Å². The number of benzene rings is 3. The highest BCUT2D eigenvalue weighted by molar-refractivity contribution is 6.06. The molecular weight excluding hydrogens is 416 g/mol. The van der Waals surface area contributed by atoms with E-state index in [0.29, 0.717) is 0 Å². The predicted octanol–water partition coefficient (Wildman–Crippen LogP) is 8.49. The van der Waals surface area contributed by atoms with E-state index in [1.807, 2.05) is 6.07 Å². The molecule has 3 aromatic carbocycles. The van der Waals surface area contributed by atoms with Gasteiger partial charge in [0.1, 0.15) is 17.3 Å². The van der Waals surface area contributed by atoms with Crippen LogP contribution in [0.4, 0.5) is 17.1 Å². The summed E-state index contributed by atoms with van der Waals surface area (Å²) in [5, 5.41) is 2.39. The van der Waals surface area contributed by atoms with Gasteiger partial charge in [-0.3, -0.25) is 0 Å². The SMILES string of the molecule is CCC1N(C)c2c(cc3c(c2C)C(C)(C)CC3(C)C)N1c1cc2oc3ccccc3c2cc1C. The van der Waals surface area contributed by atoms with Crippen molar-refractivity contribution in [3.05, 3.63) is 64.7 Å². The van der Waals surface area contributed by atoms with Gasteiger partial charge in [0.15, 0.2) is 0 Å². The van der Waals surface area contributed by atoms with Gasteiger partial charge >= 0.3 is 0 Å². The number of aryl methyl sites for hydroxylation is 1. The van der Waals surface area contributed by atoms with Crippen LogP contribution in [-0.2, 0) is 10.8 Å². The molecule has 1 atom stereocenters. The first-order chi connectivity index (χ1) is 16.0. The Morgan fingerprint density at radius 2 is 1.65 bits per heavy atom. The summed E-state index contributed by atoms with van der Waals surface area (Å²) in [6.45, 7) is 16.6. The van der Waals surface area contributed by atoms with E-state index in [0.717, 1.165) is 17.6 Å². The highest BCUT2D eigenvalue weighted by Crippen LogP contribution is 2.57. The topological polar surface area (TPSA) is 19.6 Å². The lowest BCUT2D eigenvalue weighted by molar-refractivity contribution is 0.402. The number of para-hydroxylation sites is 1. The van der Waals surface area contributed by atoms with Crippen LogP contribution < -0.4 is 9.80 Å². The minimum atomic E-state index is 0.172. The van der Waals surface area contributed by atoms with E-state index in [1.54, 1.807) is 5.56 Å². The minimum absolute atomic E-state index is 0.172. The average molecular weight is 453 g/mol. The van der Waals surface area contributed by atoms with E-state index in [-0.39, 0.29) is 17.0 Å². The van der Waals surface area contributed by atoms with Crippen molar-refractivity contribution in [2.75, 3.05) is 16.8 Å². The summed E-state index contributed by atoms with van der Waals surface area (Å²) >= 11 is 0. The second-order valence-corrected chi connectivity index (χ2v) is 11.8. The summed E-state index contributed by atoms with van der Waals surface area (Å²) in [6, 6.07) is 15.5. The van der Waals surface area contributed by atoms with Crippen LogP contribution in [-0.4, -0.2) is 13.2 Å². The summed E-state index contributed by atoms with van der Waals surface area (Å²) in [4.78, 5) is 5.08. The van der Waals surface area contributed by atoms with Gasteiger partial charge in [-0.2, -0.15) is 0 Å². The monoisotopic (exact) mass is 452 g/mol. The molecule has 0 amide bonds. The van der Waals surface area contributed by atoms with E-state index in [4.69, 9.17) is 4.42 Å². The molecule has 176 valence electrons. The molecule has 4 aromatic rings. The molecule has 0 spiro atoms. The lowest BCUT2D eigenvalue weighted by Gasteiger charge is -2.31. The zero-order valence-corrected chi connectivity index (χ0v) is 21.8. The van der Waals surface area contributed by atoms with E-state index < -0.39 is 0 Å². The van der Waals surface area contributed by atoms with Crippen molar-refractivity contribution in [1.29, 1.82) is 0 Å². The van der Waals surface area contributed by atoms with Crippen molar-refractivity contribution in [2.24, 2.45) is 0 Å². The highest BCUT2D eigenvalue weighted by Gasteiger charge is 2.47. The molecule has 6 rings (SSSR count). The third-order valence-electron chi connectivity index (χ3n) is 8.49. The van der Waals surface area contributed by atoms with Crippen LogP contribution in [0.25, 0.3) is 21.9 Å². The second-order valence-electron chi connectivity index (χ2n) is 11.8. The smallest absolute Gasteiger partial charge is 0.137 e. The van der Waals surface area contributed by atoms with Crippen LogP contribution in [0, 0.1) is 13.8 Å². The second kappa shape index (κ2) is 6.81. The van der Waals surface area contributed by atoms with Gasteiger partial charge in [0.05, 0.1) is 11.4 Å². The Bertz CT molecular complexity index is 1470. The van der Waals surface area contributed by atoms with Crippen molar-refractivity contribution in [3.8, 4) is 0 Å². The first-order valence-corrected chi connectivity index (χ1v) is 12.7. The normalized spacial score (nSPS) is 20.4. The summed E-state index contributed by atoms with van der Waals surface area (Å²) < 4.78 is 6.31. The summed E-state index contributed by atoms with van der Waals surface area (Å²) in [7, 11) is 2.27. The molecular formula is C31H36N2O. The van der Waals surface area contributed by atoms with Crippen molar-refractivity contribution in [1.82, 2.24) is 0 Å². The number of fused-ring (bicyclic) bond motifs is 5. The molecule has 0 saturated heterocycles. The molecule has 1 aliphatic heterocycles. The lowest BCUT2D eigenvalue weighted by Crippen LogP contribution is -2.38. The van der Waals surface area contributed by atoms with Gasteiger partial charge in [0.2, 0.25) is 0 Å². The Morgan fingerprint density at radius 1 is 0.912 bits per heavy atom. The number of rotatable bonds is 2. The largest absolute Gasteiger partial charge is 0.456 e. The molecule has 0 radical (unpaired) electrons. The molecule has 0 fully saturated rings. The zero-order chi connectivity index (χ0) is 24.2. The number of anilines is 3. The van der Waals surface area contributed by atoms with Crippen molar-refractivity contribution in [2.45, 2.75) is 78.3 Å². The van der Waals surface area contributed by atoms with Crippen LogP contribution in [0.2, 0.25) is 0 Å². The molecule has 3 heteroatoms. The number of furan rings is 1. The molecule has 0 bridgehead atoms. The predicted molar refractivity (Wildman–Crippen MR) is 145 cm³/mol. The van der Waals surface area contributed by atoms with Crippen LogP contribution in [0.5, 0.6) is 0 Å². The Hall–Kier alpha value is -2.94. The Kier molecular flexibility index (Phi) is 4.32.